The van der Waals surface area contributed by atoms with Crippen LogP contribution in [0.25, 0.3) is 10.8 Å². The third-order valence-corrected chi connectivity index (χ3v) is 2.94. The molecule has 3 nitrogen and oxygen atoms in total. The van der Waals surface area contributed by atoms with E-state index >= 15 is 0 Å². The molecule has 0 aliphatic heterocycles. The van der Waals surface area contributed by atoms with E-state index < -0.39 is 5.97 Å². The topological polar surface area (TPSA) is 35.5 Å². The van der Waals surface area contributed by atoms with Crippen LogP contribution in [-0.2, 0) is 4.79 Å². The number of rotatable bonds is 5. The molecule has 0 aliphatic carbocycles. The second kappa shape index (κ2) is 6.09. The Labute approximate surface area is 123 Å². The SMILES string of the molecule is C=CC(=C)Oc1ccc(OC(=O)C=C)c2ccc(C)cc12. The summed E-state index contributed by atoms with van der Waals surface area (Å²) >= 11 is 0. The molecule has 0 heterocycles. The molecule has 21 heavy (non-hydrogen) atoms. The van der Waals surface area contributed by atoms with Crippen LogP contribution in [0.15, 0.2) is 68.0 Å². The van der Waals surface area contributed by atoms with Crippen LogP contribution in [0.1, 0.15) is 5.56 Å². The lowest BCUT2D eigenvalue weighted by Gasteiger charge is -2.12. The van der Waals surface area contributed by atoms with Crippen molar-refractivity contribution in [3.8, 4) is 11.5 Å². The first-order chi connectivity index (χ1) is 10.0. The Bertz CT molecular complexity index is 741. The third-order valence-electron chi connectivity index (χ3n) is 2.94. The van der Waals surface area contributed by atoms with Gasteiger partial charge in [0.1, 0.15) is 17.3 Å². The van der Waals surface area contributed by atoms with Crippen LogP contribution in [0.2, 0.25) is 0 Å². The summed E-state index contributed by atoms with van der Waals surface area (Å²) in [5, 5.41) is 1.62. The number of esters is 1. The summed E-state index contributed by atoms with van der Waals surface area (Å²) in [7, 11) is 0. The number of fused-ring (bicyclic) bond motifs is 1. The van der Waals surface area contributed by atoms with Crippen molar-refractivity contribution >= 4 is 16.7 Å². The molecule has 0 fully saturated rings. The van der Waals surface area contributed by atoms with Crippen LogP contribution in [0.5, 0.6) is 11.5 Å². The van der Waals surface area contributed by atoms with Gasteiger partial charge >= 0.3 is 5.97 Å². The molecular formula is C18H16O3. The molecule has 0 aromatic heterocycles. The molecule has 2 aromatic rings. The van der Waals surface area contributed by atoms with Crippen LogP contribution in [0.4, 0.5) is 0 Å². The van der Waals surface area contributed by atoms with Gasteiger partial charge in [-0.2, -0.15) is 0 Å². The summed E-state index contributed by atoms with van der Waals surface area (Å²) in [6, 6.07) is 9.22. The Kier molecular flexibility index (Phi) is 4.24. The van der Waals surface area contributed by atoms with E-state index in [9.17, 15) is 4.79 Å². The first-order valence-corrected chi connectivity index (χ1v) is 6.42. The van der Waals surface area contributed by atoms with E-state index in [1.807, 2.05) is 25.1 Å². The van der Waals surface area contributed by atoms with Crippen LogP contribution >= 0.6 is 0 Å². The van der Waals surface area contributed by atoms with Crippen LogP contribution in [-0.4, -0.2) is 5.97 Å². The van der Waals surface area contributed by atoms with Crippen molar-refractivity contribution in [2.75, 3.05) is 0 Å². The second-order valence-electron chi connectivity index (χ2n) is 4.51. The number of ether oxygens (including phenoxy) is 2. The maximum absolute atomic E-state index is 11.4. The standard InChI is InChI=1S/C18H16O3/c1-5-13(4)20-17-10-9-16(21-18(19)6-2)14-8-7-12(3)11-15(14)17/h5-11H,1-2,4H2,3H3. The molecule has 0 unspecified atom stereocenters. The van der Waals surface area contributed by atoms with E-state index in [2.05, 4.69) is 19.7 Å². The van der Waals surface area contributed by atoms with Gasteiger partial charge in [0.25, 0.3) is 0 Å². The number of carbonyl (C=O) groups is 1. The highest BCUT2D eigenvalue weighted by molar-refractivity contribution is 5.96. The molecule has 0 amide bonds. The molecular weight excluding hydrogens is 264 g/mol. The first-order valence-electron chi connectivity index (χ1n) is 6.42. The molecule has 106 valence electrons. The van der Waals surface area contributed by atoms with E-state index in [-0.39, 0.29) is 0 Å². The number of aryl methyl sites for hydroxylation is 1. The summed E-state index contributed by atoms with van der Waals surface area (Å²) < 4.78 is 10.9. The summed E-state index contributed by atoms with van der Waals surface area (Å²) in [5.41, 5.74) is 1.07. The lowest BCUT2D eigenvalue weighted by atomic mass is 10.1. The van der Waals surface area contributed by atoms with E-state index in [4.69, 9.17) is 9.47 Å². The summed E-state index contributed by atoms with van der Waals surface area (Å²) in [6.07, 6.45) is 2.66. The Morgan fingerprint density at radius 3 is 2.29 bits per heavy atom. The van der Waals surface area contributed by atoms with Crippen molar-refractivity contribution in [1.82, 2.24) is 0 Å². The van der Waals surface area contributed by atoms with Crippen LogP contribution in [0, 0.1) is 6.92 Å². The van der Waals surface area contributed by atoms with E-state index in [1.165, 1.54) is 6.08 Å². The second-order valence-corrected chi connectivity index (χ2v) is 4.51. The van der Waals surface area contributed by atoms with E-state index in [0.29, 0.717) is 17.3 Å². The number of benzene rings is 2. The molecule has 0 N–H and O–H groups in total. The molecule has 0 saturated carbocycles. The highest BCUT2D eigenvalue weighted by Gasteiger charge is 2.11. The van der Waals surface area contributed by atoms with E-state index in [1.54, 1.807) is 12.1 Å². The van der Waals surface area contributed by atoms with Crippen LogP contribution < -0.4 is 9.47 Å². The Morgan fingerprint density at radius 2 is 1.67 bits per heavy atom. The summed E-state index contributed by atoms with van der Waals surface area (Å²) in [5.74, 6) is 1.05. The Balaban J connectivity index is 2.58. The van der Waals surface area contributed by atoms with Crippen molar-refractivity contribution in [2.45, 2.75) is 6.92 Å². The molecule has 0 spiro atoms. The normalized spacial score (nSPS) is 9.95. The fourth-order valence-corrected chi connectivity index (χ4v) is 1.92. The van der Waals surface area contributed by atoms with Crippen molar-refractivity contribution < 1.29 is 14.3 Å². The minimum Gasteiger partial charge on any atom is -0.457 e. The minimum atomic E-state index is -0.499. The van der Waals surface area contributed by atoms with Gasteiger partial charge in [-0.1, -0.05) is 37.4 Å². The highest BCUT2D eigenvalue weighted by Crippen LogP contribution is 2.34. The molecule has 0 atom stereocenters. The minimum absolute atomic E-state index is 0.452. The van der Waals surface area contributed by atoms with Gasteiger partial charge in [-0.25, -0.2) is 4.79 Å². The fraction of sp³-hybridized carbons (Fsp3) is 0.0556. The maximum atomic E-state index is 11.4. The number of hydrogen-bond acceptors (Lipinski definition) is 3. The molecule has 2 aromatic carbocycles. The lowest BCUT2D eigenvalue weighted by molar-refractivity contribution is -0.128. The zero-order valence-electron chi connectivity index (χ0n) is 11.9. The predicted molar refractivity (Wildman–Crippen MR) is 84.5 cm³/mol. The molecule has 0 radical (unpaired) electrons. The average Bonchev–Trinajstić information content (AvgIpc) is 2.49. The smallest absolute Gasteiger partial charge is 0.335 e. The molecule has 2 rings (SSSR count). The van der Waals surface area contributed by atoms with Gasteiger partial charge in [-0.3, -0.25) is 0 Å². The summed E-state index contributed by atoms with van der Waals surface area (Å²) in [4.78, 5) is 11.4. The predicted octanol–water partition coefficient (Wildman–Crippen LogP) is 4.32. The van der Waals surface area contributed by atoms with Crippen LogP contribution in [0.3, 0.4) is 0 Å². The average molecular weight is 280 g/mol. The van der Waals surface area contributed by atoms with Gasteiger partial charge in [0.2, 0.25) is 0 Å². The zero-order chi connectivity index (χ0) is 15.4. The lowest BCUT2D eigenvalue weighted by Crippen LogP contribution is -2.03. The molecule has 0 saturated heterocycles. The maximum Gasteiger partial charge on any atom is 0.335 e. The van der Waals surface area contributed by atoms with Crippen molar-refractivity contribution in [3.63, 3.8) is 0 Å². The number of carbonyl (C=O) groups excluding carboxylic acids is 1. The summed E-state index contributed by atoms with van der Waals surface area (Å²) in [6.45, 7) is 12.7. The zero-order valence-corrected chi connectivity index (χ0v) is 11.9. The monoisotopic (exact) mass is 280 g/mol. The van der Waals surface area contributed by atoms with Crippen molar-refractivity contribution in [2.24, 2.45) is 0 Å². The largest absolute Gasteiger partial charge is 0.457 e. The van der Waals surface area contributed by atoms with Gasteiger partial charge in [0.05, 0.1) is 0 Å². The van der Waals surface area contributed by atoms with Crippen molar-refractivity contribution in [1.29, 1.82) is 0 Å². The molecule has 0 bridgehead atoms. The van der Waals surface area contributed by atoms with Gasteiger partial charge in [0, 0.05) is 16.8 Å². The van der Waals surface area contributed by atoms with Gasteiger partial charge in [0.15, 0.2) is 0 Å². The number of allylic oxidation sites excluding steroid dienone is 1. The highest BCUT2D eigenvalue weighted by atomic mass is 16.5. The quantitative estimate of drug-likeness (QED) is 0.269. The van der Waals surface area contributed by atoms with Gasteiger partial charge in [-0.15, -0.1) is 0 Å². The van der Waals surface area contributed by atoms with E-state index in [0.717, 1.165) is 22.4 Å². The Hall–Kier alpha value is -2.81. The molecule has 0 aliphatic rings. The number of hydrogen-bond donors (Lipinski definition) is 0. The van der Waals surface area contributed by atoms with Crippen molar-refractivity contribution in [3.05, 3.63) is 73.5 Å². The third kappa shape index (κ3) is 3.20. The van der Waals surface area contributed by atoms with Gasteiger partial charge in [-0.05, 0) is 31.2 Å². The fourth-order valence-electron chi connectivity index (χ4n) is 1.92. The van der Waals surface area contributed by atoms with Gasteiger partial charge < -0.3 is 9.47 Å². The Morgan fingerprint density at radius 1 is 1.00 bits per heavy atom. The molecule has 3 heteroatoms. The first kappa shape index (κ1) is 14.6.